The normalized spacial score (nSPS) is 15.6. The number of carbonyl (C=O) groups excluding carboxylic acids is 2. The summed E-state index contributed by atoms with van der Waals surface area (Å²) >= 11 is 5.70. The fraction of sp³-hybridized carbons (Fsp3) is 0.812. The van der Waals surface area contributed by atoms with Crippen molar-refractivity contribution in [3.05, 3.63) is 0 Å². The molecule has 0 bridgehead atoms. The number of carbonyl (C=O) groups is 3. The molecule has 3 amide bonds. The fourth-order valence-electron chi connectivity index (χ4n) is 2.71. The maximum atomic E-state index is 12.1. The molecule has 0 aromatic carbocycles. The molecule has 0 aliphatic carbocycles. The number of hydrogen-bond acceptors (Lipinski definition) is 4. The van der Waals surface area contributed by atoms with Crippen LogP contribution in [0, 0.1) is 0 Å². The number of nitrogens with zero attached hydrogens (tertiary/aromatic N) is 2. The molecule has 0 saturated carbocycles. The number of amides is 3. The van der Waals surface area contributed by atoms with Gasteiger partial charge in [-0.15, -0.1) is 11.6 Å². The number of alkyl carbamates (subject to hydrolysis) is 1. The number of nitrogens with one attached hydrogen (secondary N) is 1. The quantitative estimate of drug-likeness (QED) is 0.545. The van der Waals surface area contributed by atoms with Gasteiger partial charge in [-0.05, 0) is 40.0 Å². The first-order valence-corrected chi connectivity index (χ1v) is 8.97. The van der Waals surface area contributed by atoms with Crippen LogP contribution in [0.1, 0.15) is 40.0 Å². The first-order valence-electron chi connectivity index (χ1n) is 8.44. The summed E-state index contributed by atoms with van der Waals surface area (Å²) in [6.07, 6.45) is 0.330. The summed E-state index contributed by atoms with van der Waals surface area (Å²) in [7, 11) is 0. The summed E-state index contributed by atoms with van der Waals surface area (Å²) in [6.45, 7) is 7.02. The topological polar surface area (TPSA) is 99.2 Å². The van der Waals surface area contributed by atoms with Gasteiger partial charge in [0, 0.05) is 32.2 Å². The minimum absolute atomic E-state index is 0.0247. The molecule has 0 radical (unpaired) electrons. The molecule has 0 spiro atoms. The number of piperidine rings is 1. The summed E-state index contributed by atoms with van der Waals surface area (Å²) in [4.78, 5) is 37.7. The van der Waals surface area contributed by atoms with Crippen LogP contribution in [0.3, 0.4) is 0 Å². The molecule has 1 saturated heterocycles. The second kappa shape index (κ2) is 9.70. The highest BCUT2D eigenvalue weighted by Gasteiger charge is 2.28. The Morgan fingerprint density at radius 1 is 1.28 bits per heavy atom. The molecule has 0 unspecified atom stereocenters. The van der Waals surface area contributed by atoms with Crippen LogP contribution in [-0.2, 0) is 9.53 Å². The zero-order valence-corrected chi connectivity index (χ0v) is 15.8. The van der Waals surface area contributed by atoms with Crippen LogP contribution in [0.2, 0.25) is 0 Å². The van der Waals surface area contributed by atoms with Crippen LogP contribution in [0.15, 0.2) is 0 Å². The van der Waals surface area contributed by atoms with Crippen LogP contribution in [0.25, 0.3) is 0 Å². The van der Waals surface area contributed by atoms with Gasteiger partial charge in [0.2, 0.25) is 5.91 Å². The van der Waals surface area contributed by atoms with Crippen molar-refractivity contribution in [2.24, 2.45) is 0 Å². The van der Waals surface area contributed by atoms with Crippen LogP contribution in [0.5, 0.6) is 0 Å². The van der Waals surface area contributed by atoms with E-state index in [1.165, 1.54) is 4.90 Å². The number of alkyl halides is 1. The molecule has 1 rings (SSSR count). The molecule has 0 aromatic heterocycles. The van der Waals surface area contributed by atoms with Crippen molar-refractivity contribution in [1.29, 1.82) is 0 Å². The Bertz CT molecular complexity index is 473. The highest BCUT2D eigenvalue weighted by Crippen LogP contribution is 2.17. The highest BCUT2D eigenvalue weighted by atomic mass is 35.5. The van der Waals surface area contributed by atoms with Gasteiger partial charge in [-0.25, -0.2) is 9.59 Å². The van der Waals surface area contributed by atoms with Crippen LogP contribution < -0.4 is 5.32 Å². The average molecular weight is 378 g/mol. The van der Waals surface area contributed by atoms with Gasteiger partial charge in [-0.1, -0.05) is 0 Å². The lowest BCUT2D eigenvalue weighted by Gasteiger charge is -2.37. The first-order chi connectivity index (χ1) is 11.6. The lowest BCUT2D eigenvalue weighted by atomic mass is 10.0. The Labute approximate surface area is 153 Å². The maximum Gasteiger partial charge on any atom is 0.407 e. The molecule has 2 N–H and O–H groups in total. The van der Waals surface area contributed by atoms with Crippen molar-refractivity contribution in [3.63, 3.8) is 0 Å². The summed E-state index contributed by atoms with van der Waals surface area (Å²) in [5.74, 6) is -0.286. The van der Waals surface area contributed by atoms with Gasteiger partial charge < -0.3 is 25.0 Å². The van der Waals surface area contributed by atoms with Crippen molar-refractivity contribution < 1.29 is 24.2 Å². The minimum atomic E-state index is -0.935. The second-order valence-corrected chi connectivity index (χ2v) is 7.27. The summed E-state index contributed by atoms with van der Waals surface area (Å²) in [6, 6.07) is -0.0247. The lowest BCUT2D eigenvalue weighted by molar-refractivity contribution is -0.131. The Hall–Kier alpha value is -1.70. The summed E-state index contributed by atoms with van der Waals surface area (Å²) in [5.41, 5.74) is -0.553. The van der Waals surface area contributed by atoms with Gasteiger partial charge in [0.25, 0.3) is 0 Å². The number of hydrogen-bond donors (Lipinski definition) is 2. The third kappa shape index (κ3) is 7.81. The zero-order valence-electron chi connectivity index (χ0n) is 15.1. The molecule has 1 fully saturated rings. The predicted octanol–water partition coefficient (Wildman–Crippen LogP) is 2.11. The molecule has 1 aliphatic heterocycles. The van der Waals surface area contributed by atoms with Crippen molar-refractivity contribution in [2.45, 2.75) is 51.7 Å². The Morgan fingerprint density at radius 2 is 1.88 bits per heavy atom. The third-order valence-electron chi connectivity index (χ3n) is 3.85. The van der Waals surface area contributed by atoms with E-state index in [0.29, 0.717) is 45.4 Å². The van der Waals surface area contributed by atoms with E-state index in [1.54, 1.807) is 25.7 Å². The lowest BCUT2D eigenvalue weighted by Crippen LogP contribution is -2.49. The smallest absolute Gasteiger partial charge is 0.407 e. The van der Waals surface area contributed by atoms with Crippen molar-refractivity contribution in [3.8, 4) is 0 Å². The monoisotopic (exact) mass is 377 g/mol. The van der Waals surface area contributed by atoms with E-state index < -0.39 is 17.8 Å². The van der Waals surface area contributed by atoms with Crippen LogP contribution in [-0.4, -0.2) is 76.7 Å². The largest absolute Gasteiger partial charge is 0.465 e. The molecule has 0 atom stereocenters. The maximum absolute atomic E-state index is 12.1. The van der Waals surface area contributed by atoms with Crippen LogP contribution >= 0.6 is 11.6 Å². The first kappa shape index (κ1) is 21.3. The van der Waals surface area contributed by atoms with E-state index >= 15 is 0 Å². The zero-order chi connectivity index (χ0) is 19.0. The molecule has 144 valence electrons. The molecular weight excluding hydrogens is 350 g/mol. The fourth-order valence-corrected chi connectivity index (χ4v) is 2.86. The Kier molecular flexibility index (Phi) is 8.28. The Balaban J connectivity index is 2.43. The van der Waals surface area contributed by atoms with Gasteiger partial charge in [0.1, 0.15) is 11.5 Å². The summed E-state index contributed by atoms with van der Waals surface area (Å²) in [5, 5.41) is 11.7. The highest BCUT2D eigenvalue weighted by molar-refractivity contribution is 6.27. The number of carboxylic acid groups (broad SMARTS) is 1. The molecule has 1 aliphatic rings. The van der Waals surface area contributed by atoms with Gasteiger partial charge in [0.15, 0.2) is 0 Å². The van der Waals surface area contributed by atoms with Crippen molar-refractivity contribution in [1.82, 2.24) is 15.1 Å². The summed E-state index contributed by atoms with van der Waals surface area (Å²) < 4.78 is 5.15. The number of likely N-dealkylation sites (tertiary alicyclic amines) is 1. The Morgan fingerprint density at radius 3 is 2.36 bits per heavy atom. The average Bonchev–Trinajstić information content (AvgIpc) is 2.52. The number of halogens is 1. The van der Waals surface area contributed by atoms with Crippen molar-refractivity contribution >= 4 is 29.7 Å². The molecule has 0 aromatic rings. The van der Waals surface area contributed by atoms with E-state index in [-0.39, 0.29) is 17.8 Å². The van der Waals surface area contributed by atoms with E-state index in [1.807, 2.05) is 0 Å². The molecule has 8 nitrogen and oxygen atoms in total. The predicted molar refractivity (Wildman–Crippen MR) is 93.9 cm³/mol. The number of rotatable bonds is 6. The van der Waals surface area contributed by atoms with Gasteiger partial charge >= 0.3 is 12.2 Å². The molecule has 9 heteroatoms. The van der Waals surface area contributed by atoms with E-state index in [2.05, 4.69) is 5.32 Å². The second-order valence-electron chi connectivity index (χ2n) is 7.00. The standard InChI is InChI=1S/C16H28ClN3O5/c1-16(2,3)25-14(22)18-7-4-8-20(13(21)11-17)12-5-9-19(10-6-12)15(23)24/h12H,4-11H2,1-3H3,(H,18,22)(H,23,24). The van der Waals surface area contributed by atoms with Gasteiger partial charge in [-0.3, -0.25) is 4.79 Å². The van der Waals surface area contributed by atoms with Crippen LogP contribution in [0.4, 0.5) is 9.59 Å². The minimum Gasteiger partial charge on any atom is -0.465 e. The van der Waals surface area contributed by atoms with E-state index in [0.717, 1.165) is 0 Å². The van der Waals surface area contributed by atoms with Gasteiger partial charge in [0.05, 0.1) is 0 Å². The number of ether oxygens (including phenoxy) is 1. The van der Waals surface area contributed by atoms with E-state index in [4.69, 9.17) is 21.4 Å². The van der Waals surface area contributed by atoms with Gasteiger partial charge in [-0.2, -0.15) is 0 Å². The molecule has 1 heterocycles. The molecule has 25 heavy (non-hydrogen) atoms. The van der Waals surface area contributed by atoms with E-state index in [9.17, 15) is 14.4 Å². The SMILES string of the molecule is CC(C)(C)OC(=O)NCCCN(C(=O)CCl)C1CCN(C(=O)O)CC1. The molecular formula is C16H28ClN3O5. The third-order valence-corrected chi connectivity index (χ3v) is 4.08. The van der Waals surface area contributed by atoms with Crippen molar-refractivity contribution in [2.75, 3.05) is 32.1 Å².